The molecule has 0 radical (unpaired) electrons. The van der Waals surface area contributed by atoms with Crippen LogP contribution in [0.2, 0.25) is 0 Å². The number of carbonyl (C=O) groups is 3. The summed E-state index contributed by atoms with van der Waals surface area (Å²) in [4.78, 5) is 44.8. The Bertz CT molecular complexity index is 1150. The molecule has 0 aliphatic carbocycles. The first-order valence-corrected chi connectivity index (χ1v) is 12.7. The predicted molar refractivity (Wildman–Crippen MR) is 135 cm³/mol. The highest BCUT2D eigenvalue weighted by Gasteiger charge is 2.52. The maximum atomic E-state index is 13.4. The van der Waals surface area contributed by atoms with Crippen molar-refractivity contribution >= 4 is 23.4 Å². The van der Waals surface area contributed by atoms with Crippen molar-refractivity contribution in [1.29, 1.82) is 0 Å². The van der Waals surface area contributed by atoms with Gasteiger partial charge in [-0.1, -0.05) is 43.3 Å². The van der Waals surface area contributed by atoms with E-state index in [0.717, 1.165) is 25.9 Å². The van der Waals surface area contributed by atoms with E-state index in [1.54, 1.807) is 15.9 Å². The maximum Gasteiger partial charge on any atom is 0.257 e. The number of hydrogen-bond acceptors (Lipinski definition) is 4. The van der Waals surface area contributed by atoms with Crippen molar-refractivity contribution in [2.75, 3.05) is 24.5 Å². The number of fused-ring (bicyclic) bond motifs is 4. The number of anilines is 1. The fourth-order valence-electron chi connectivity index (χ4n) is 5.94. The fourth-order valence-corrected chi connectivity index (χ4v) is 5.94. The van der Waals surface area contributed by atoms with Crippen LogP contribution in [0.4, 0.5) is 5.69 Å². The van der Waals surface area contributed by atoms with Gasteiger partial charge in [0, 0.05) is 45.1 Å². The van der Waals surface area contributed by atoms with Gasteiger partial charge in [0.05, 0.1) is 11.3 Å². The molecule has 1 N–H and O–H groups in total. The molecule has 2 unspecified atom stereocenters. The highest BCUT2D eigenvalue weighted by atomic mass is 16.2. The zero-order valence-corrected chi connectivity index (χ0v) is 20.6. The number of rotatable bonds is 7. The van der Waals surface area contributed by atoms with E-state index in [9.17, 15) is 14.4 Å². The Hall–Kier alpha value is -3.19. The minimum Gasteiger partial charge on any atom is -0.354 e. The zero-order chi connectivity index (χ0) is 24.6. The van der Waals surface area contributed by atoms with Crippen molar-refractivity contribution in [3.63, 3.8) is 0 Å². The van der Waals surface area contributed by atoms with Crippen LogP contribution in [0.15, 0.2) is 48.5 Å². The van der Waals surface area contributed by atoms with Gasteiger partial charge in [0.15, 0.2) is 0 Å². The number of amides is 3. The summed E-state index contributed by atoms with van der Waals surface area (Å²) in [7, 11) is 0. The smallest absolute Gasteiger partial charge is 0.257 e. The van der Waals surface area contributed by atoms with Crippen molar-refractivity contribution in [3.8, 4) is 0 Å². The van der Waals surface area contributed by atoms with Gasteiger partial charge in [0.2, 0.25) is 11.8 Å². The molecule has 7 nitrogen and oxygen atoms in total. The molecule has 35 heavy (non-hydrogen) atoms. The molecule has 3 aliphatic rings. The molecule has 2 atom stereocenters. The summed E-state index contributed by atoms with van der Waals surface area (Å²) < 4.78 is 0. The Kier molecular flexibility index (Phi) is 6.36. The second-order valence-corrected chi connectivity index (χ2v) is 10.0. The number of hydrogen-bond donors (Lipinski definition) is 1. The van der Waals surface area contributed by atoms with Gasteiger partial charge in [-0.3, -0.25) is 24.2 Å². The van der Waals surface area contributed by atoms with Crippen molar-refractivity contribution in [3.05, 3.63) is 65.2 Å². The molecule has 1 fully saturated rings. The first-order valence-electron chi connectivity index (χ1n) is 12.7. The van der Waals surface area contributed by atoms with Crippen LogP contribution in [0, 0.1) is 0 Å². The maximum absolute atomic E-state index is 13.4. The molecule has 7 heteroatoms. The molecule has 2 aromatic carbocycles. The fraction of sp³-hybridized carbons (Fsp3) is 0.464. The first kappa shape index (κ1) is 23.5. The highest BCUT2D eigenvalue weighted by Crippen LogP contribution is 2.43. The standard InChI is InChI=1S/C28H34N4O3/c1-3-22(30-16-13-20-8-4-5-9-21(20)19-30)18-29-25(33)14-17-31-27(35)23-10-6-7-11-24(23)32-26(34)12-15-28(31,32)2/h4-11,22H,3,12-19H2,1-2H3,(H,29,33). The Labute approximate surface area is 207 Å². The lowest BCUT2D eigenvalue weighted by molar-refractivity contribution is -0.121. The number of nitrogens with one attached hydrogen (secondary N) is 1. The van der Waals surface area contributed by atoms with Crippen LogP contribution in [-0.2, 0) is 22.6 Å². The lowest BCUT2D eigenvalue weighted by atomic mass is 9.97. The van der Waals surface area contributed by atoms with Gasteiger partial charge in [0.25, 0.3) is 5.91 Å². The summed E-state index contributed by atoms with van der Waals surface area (Å²) in [6.07, 6.45) is 3.18. The Balaban J connectivity index is 1.21. The third-order valence-electron chi connectivity index (χ3n) is 7.99. The summed E-state index contributed by atoms with van der Waals surface area (Å²) in [5.41, 5.74) is 3.27. The molecular weight excluding hydrogens is 440 g/mol. The summed E-state index contributed by atoms with van der Waals surface area (Å²) in [6, 6.07) is 16.1. The van der Waals surface area contributed by atoms with Crippen LogP contribution < -0.4 is 10.2 Å². The quantitative estimate of drug-likeness (QED) is 0.668. The van der Waals surface area contributed by atoms with E-state index in [0.29, 0.717) is 30.6 Å². The Morgan fingerprint density at radius 1 is 1.06 bits per heavy atom. The SMILES string of the molecule is CCC(CNC(=O)CCN1C(=O)c2ccccc2N2C(=O)CCC12C)N1CCc2ccccc2C1. The molecule has 1 saturated heterocycles. The summed E-state index contributed by atoms with van der Waals surface area (Å²) in [5, 5.41) is 3.11. The second-order valence-electron chi connectivity index (χ2n) is 10.0. The predicted octanol–water partition coefficient (Wildman–Crippen LogP) is 3.33. The average Bonchev–Trinajstić information content (AvgIpc) is 3.19. The number of benzene rings is 2. The second kappa shape index (κ2) is 9.46. The monoisotopic (exact) mass is 474 g/mol. The van der Waals surface area contributed by atoms with Gasteiger partial charge in [-0.25, -0.2) is 0 Å². The molecule has 0 saturated carbocycles. The Morgan fingerprint density at radius 3 is 2.60 bits per heavy atom. The zero-order valence-electron chi connectivity index (χ0n) is 20.6. The van der Waals surface area contributed by atoms with Gasteiger partial charge in [-0.2, -0.15) is 0 Å². The Morgan fingerprint density at radius 2 is 1.80 bits per heavy atom. The molecule has 0 spiro atoms. The molecule has 0 bridgehead atoms. The third kappa shape index (κ3) is 4.22. The number of para-hydroxylation sites is 1. The third-order valence-corrected chi connectivity index (χ3v) is 7.99. The van der Waals surface area contributed by atoms with E-state index in [1.165, 1.54) is 11.1 Å². The van der Waals surface area contributed by atoms with Crippen molar-refractivity contribution in [2.45, 2.75) is 64.2 Å². The molecule has 5 rings (SSSR count). The van der Waals surface area contributed by atoms with Gasteiger partial charge in [-0.15, -0.1) is 0 Å². The number of carbonyl (C=O) groups excluding carboxylic acids is 3. The van der Waals surface area contributed by atoms with Crippen LogP contribution in [0.5, 0.6) is 0 Å². The van der Waals surface area contributed by atoms with Crippen LogP contribution in [0.25, 0.3) is 0 Å². The lowest BCUT2D eigenvalue weighted by Crippen LogP contribution is -2.62. The largest absolute Gasteiger partial charge is 0.354 e. The van der Waals surface area contributed by atoms with Crippen LogP contribution in [-0.4, -0.2) is 58.9 Å². The van der Waals surface area contributed by atoms with Crippen molar-refractivity contribution in [2.24, 2.45) is 0 Å². The van der Waals surface area contributed by atoms with E-state index >= 15 is 0 Å². The average molecular weight is 475 g/mol. The van der Waals surface area contributed by atoms with Gasteiger partial charge in [-0.05, 0) is 49.4 Å². The van der Waals surface area contributed by atoms with Crippen LogP contribution in [0.1, 0.15) is 61.0 Å². The summed E-state index contributed by atoms with van der Waals surface area (Å²) >= 11 is 0. The minimum atomic E-state index is -0.726. The minimum absolute atomic E-state index is 0.0239. The normalized spacial score (nSPS) is 22.5. The van der Waals surface area contributed by atoms with Gasteiger partial charge < -0.3 is 10.2 Å². The van der Waals surface area contributed by atoms with Crippen LogP contribution >= 0.6 is 0 Å². The van der Waals surface area contributed by atoms with Gasteiger partial charge in [0.1, 0.15) is 5.66 Å². The highest BCUT2D eigenvalue weighted by molar-refractivity contribution is 6.10. The van der Waals surface area contributed by atoms with E-state index < -0.39 is 5.66 Å². The molecule has 2 aromatic rings. The molecule has 3 aliphatic heterocycles. The van der Waals surface area contributed by atoms with E-state index in [2.05, 4.69) is 41.4 Å². The molecular formula is C28H34N4O3. The van der Waals surface area contributed by atoms with E-state index in [-0.39, 0.29) is 36.7 Å². The summed E-state index contributed by atoms with van der Waals surface area (Å²) in [6.45, 7) is 6.88. The van der Waals surface area contributed by atoms with E-state index in [1.807, 2.05) is 25.1 Å². The molecule has 3 amide bonds. The first-order chi connectivity index (χ1) is 16.9. The summed E-state index contributed by atoms with van der Waals surface area (Å²) in [5.74, 6) is -0.150. The lowest BCUT2D eigenvalue weighted by Gasteiger charge is -2.48. The molecule has 3 heterocycles. The van der Waals surface area contributed by atoms with E-state index in [4.69, 9.17) is 0 Å². The van der Waals surface area contributed by atoms with Gasteiger partial charge >= 0.3 is 0 Å². The topological polar surface area (TPSA) is 73.0 Å². The molecule has 184 valence electrons. The molecule has 0 aromatic heterocycles. The van der Waals surface area contributed by atoms with Crippen LogP contribution in [0.3, 0.4) is 0 Å². The van der Waals surface area contributed by atoms with Crippen molar-refractivity contribution < 1.29 is 14.4 Å². The number of nitrogens with zero attached hydrogens (tertiary/aromatic N) is 3. The van der Waals surface area contributed by atoms with Crippen molar-refractivity contribution in [1.82, 2.24) is 15.1 Å².